The average Bonchev–Trinajstić information content (AvgIpc) is 2.10. The van der Waals surface area contributed by atoms with Crippen LogP contribution < -0.4 is 11.1 Å². The lowest BCUT2D eigenvalue weighted by Gasteiger charge is -2.25. The number of carbonyl (C=O) groups excluding carboxylic acids is 1. The molecular formula is C11H24N2O2. The maximum Gasteiger partial charge on any atom is 0.250 e. The van der Waals surface area contributed by atoms with Crippen molar-refractivity contribution in [1.29, 1.82) is 0 Å². The largest absolute Gasteiger partial charge is 0.382 e. The number of aliphatic hydroxyl groups excluding tert-OH is 1. The molecule has 4 N–H and O–H groups in total. The third-order valence-electron chi connectivity index (χ3n) is 2.06. The maximum absolute atomic E-state index is 11.5. The number of nitrogens with two attached hydrogens (primary N) is 1. The van der Waals surface area contributed by atoms with Gasteiger partial charge in [-0.25, -0.2) is 0 Å². The van der Waals surface area contributed by atoms with Crippen LogP contribution in [0.4, 0.5) is 0 Å². The van der Waals surface area contributed by atoms with E-state index in [1.54, 1.807) is 0 Å². The molecule has 0 spiro atoms. The van der Waals surface area contributed by atoms with Gasteiger partial charge in [0.25, 0.3) is 5.91 Å². The molecule has 0 heterocycles. The Hall–Kier alpha value is -0.610. The number of nitrogens with one attached hydrogen (secondary N) is 1. The molecule has 0 saturated heterocycles. The molecule has 0 bridgehead atoms. The van der Waals surface area contributed by atoms with Crippen LogP contribution >= 0.6 is 0 Å². The van der Waals surface area contributed by atoms with E-state index in [0.29, 0.717) is 6.42 Å². The van der Waals surface area contributed by atoms with Crippen molar-refractivity contribution < 1.29 is 9.90 Å². The predicted molar refractivity (Wildman–Crippen MR) is 61.4 cm³/mol. The normalized spacial score (nSPS) is 15.9. The van der Waals surface area contributed by atoms with Gasteiger partial charge in [-0.05, 0) is 27.2 Å². The van der Waals surface area contributed by atoms with Gasteiger partial charge in [-0.2, -0.15) is 0 Å². The summed E-state index contributed by atoms with van der Waals surface area (Å²) in [7, 11) is 0. The fourth-order valence-corrected chi connectivity index (χ4v) is 1.24. The zero-order valence-corrected chi connectivity index (χ0v) is 10.2. The van der Waals surface area contributed by atoms with Crippen LogP contribution in [0.15, 0.2) is 0 Å². The molecule has 0 aromatic carbocycles. The summed E-state index contributed by atoms with van der Waals surface area (Å²) in [5.74, 6) is -0.383. The molecule has 0 aromatic heterocycles. The number of rotatable bonds is 5. The van der Waals surface area contributed by atoms with E-state index in [1.807, 2.05) is 27.7 Å². The van der Waals surface area contributed by atoms with Crippen LogP contribution in [0.25, 0.3) is 0 Å². The van der Waals surface area contributed by atoms with Gasteiger partial charge < -0.3 is 16.2 Å². The van der Waals surface area contributed by atoms with Crippen molar-refractivity contribution in [2.24, 2.45) is 5.73 Å². The van der Waals surface area contributed by atoms with Crippen molar-refractivity contribution in [2.45, 2.75) is 64.6 Å². The molecule has 4 heteroatoms. The van der Waals surface area contributed by atoms with E-state index in [-0.39, 0.29) is 11.4 Å². The SMILES string of the molecule is CCCCC(N)C(O)C(=O)NC(C)(C)C. The van der Waals surface area contributed by atoms with Crippen LogP contribution in [0.2, 0.25) is 0 Å². The van der Waals surface area contributed by atoms with Crippen molar-refractivity contribution in [2.75, 3.05) is 0 Å². The molecular weight excluding hydrogens is 192 g/mol. The lowest BCUT2D eigenvalue weighted by molar-refractivity contribution is -0.131. The first-order valence-corrected chi connectivity index (χ1v) is 5.53. The molecule has 2 atom stereocenters. The van der Waals surface area contributed by atoms with Crippen molar-refractivity contribution in [3.63, 3.8) is 0 Å². The summed E-state index contributed by atoms with van der Waals surface area (Å²) in [5, 5.41) is 12.3. The Kier molecular flexibility index (Phi) is 5.83. The highest BCUT2D eigenvalue weighted by atomic mass is 16.3. The summed E-state index contributed by atoms with van der Waals surface area (Å²) >= 11 is 0. The third-order valence-corrected chi connectivity index (χ3v) is 2.06. The second kappa shape index (κ2) is 6.08. The number of hydrogen-bond donors (Lipinski definition) is 3. The minimum Gasteiger partial charge on any atom is -0.382 e. The number of aliphatic hydroxyl groups is 1. The van der Waals surface area contributed by atoms with Crippen LogP contribution in [-0.4, -0.2) is 28.7 Å². The minimum absolute atomic E-state index is 0.331. The summed E-state index contributed by atoms with van der Waals surface area (Å²) in [4.78, 5) is 11.5. The van der Waals surface area contributed by atoms with Gasteiger partial charge >= 0.3 is 0 Å². The Balaban J connectivity index is 4.08. The van der Waals surface area contributed by atoms with E-state index >= 15 is 0 Å². The van der Waals surface area contributed by atoms with Gasteiger partial charge in [0, 0.05) is 11.6 Å². The molecule has 0 aliphatic carbocycles. The van der Waals surface area contributed by atoms with Gasteiger partial charge in [-0.3, -0.25) is 4.79 Å². The molecule has 0 aliphatic heterocycles. The standard InChI is InChI=1S/C11H24N2O2/c1-5-6-7-8(12)9(14)10(15)13-11(2,3)4/h8-9,14H,5-7,12H2,1-4H3,(H,13,15). The highest BCUT2D eigenvalue weighted by Crippen LogP contribution is 2.05. The average molecular weight is 216 g/mol. The third kappa shape index (κ3) is 6.47. The van der Waals surface area contributed by atoms with Crippen molar-refractivity contribution in [1.82, 2.24) is 5.32 Å². The summed E-state index contributed by atoms with van der Waals surface area (Å²) in [5.41, 5.74) is 5.38. The van der Waals surface area contributed by atoms with Crippen LogP contribution in [0.5, 0.6) is 0 Å². The molecule has 4 nitrogen and oxygen atoms in total. The molecule has 0 saturated carbocycles. The monoisotopic (exact) mass is 216 g/mol. The van der Waals surface area contributed by atoms with E-state index in [0.717, 1.165) is 12.8 Å². The van der Waals surface area contributed by atoms with Crippen LogP contribution in [-0.2, 0) is 4.79 Å². The lowest BCUT2D eigenvalue weighted by atomic mass is 10.0. The van der Waals surface area contributed by atoms with Crippen molar-refractivity contribution in [3.8, 4) is 0 Å². The van der Waals surface area contributed by atoms with Gasteiger partial charge in [0.2, 0.25) is 0 Å². The highest BCUT2D eigenvalue weighted by molar-refractivity contribution is 5.81. The van der Waals surface area contributed by atoms with E-state index in [9.17, 15) is 9.90 Å². The molecule has 90 valence electrons. The van der Waals surface area contributed by atoms with Crippen LogP contribution in [0.3, 0.4) is 0 Å². The number of unbranched alkanes of at least 4 members (excludes halogenated alkanes) is 1. The molecule has 15 heavy (non-hydrogen) atoms. The first-order chi connectivity index (χ1) is 6.78. The molecule has 0 aliphatic rings. The molecule has 0 fully saturated rings. The first kappa shape index (κ1) is 14.4. The molecule has 2 unspecified atom stereocenters. The molecule has 0 aromatic rings. The fraction of sp³-hybridized carbons (Fsp3) is 0.909. The second-order valence-electron chi connectivity index (χ2n) is 4.99. The van der Waals surface area contributed by atoms with Gasteiger partial charge in [0.1, 0.15) is 6.10 Å². The quantitative estimate of drug-likeness (QED) is 0.635. The van der Waals surface area contributed by atoms with Gasteiger partial charge in [-0.15, -0.1) is 0 Å². The fourth-order valence-electron chi connectivity index (χ4n) is 1.24. The lowest BCUT2D eigenvalue weighted by Crippen LogP contribution is -2.51. The summed E-state index contributed by atoms with van der Waals surface area (Å²) in [6, 6.07) is -0.465. The second-order valence-corrected chi connectivity index (χ2v) is 4.99. The number of amides is 1. The Morgan fingerprint density at radius 3 is 2.40 bits per heavy atom. The van der Waals surface area contributed by atoms with E-state index in [1.165, 1.54) is 0 Å². The Morgan fingerprint density at radius 1 is 1.47 bits per heavy atom. The minimum atomic E-state index is -1.10. The van der Waals surface area contributed by atoms with Gasteiger partial charge in [-0.1, -0.05) is 19.8 Å². The molecule has 1 amide bonds. The number of hydrogen-bond acceptors (Lipinski definition) is 3. The Bertz CT molecular complexity index is 199. The predicted octanol–water partition coefficient (Wildman–Crippen LogP) is 0.779. The number of carbonyl (C=O) groups is 1. The summed E-state index contributed by atoms with van der Waals surface area (Å²) in [6.45, 7) is 7.66. The van der Waals surface area contributed by atoms with Crippen LogP contribution in [0, 0.1) is 0 Å². The zero-order chi connectivity index (χ0) is 12.1. The van der Waals surface area contributed by atoms with E-state index in [4.69, 9.17) is 5.73 Å². The smallest absolute Gasteiger partial charge is 0.250 e. The Labute approximate surface area is 92.2 Å². The van der Waals surface area contributed by atoms with Crippen LogP contribution in [0.1, 0.15) is 47.0 Å². The van der Waals surface area contributed by atoms with Crippen molar-refractivity contribution in [3.05, 3.63) is 0 Å². The molecule has 0 radical (unpaired) electrons. The maximum atomic E-state index is 11.5. The highest BCUT2D eigenvalue weighted by Gasteiger charge is 2.25. The van der Waals surface area contributed by atoms with Gasteiger partial charge in [0.15, 0.2) is 0 Å². The Morgan fingerprint density at radius 2 is 2.00 bits per heavy atom. The van der Waals surface area contributed by atoms with Gasteiger partial charge in [0.05, 0.1) is 0 Å². The zero-order valence-electron chi connectivity index (χ0n) is 10.2. The topological polar surface area (TPSA) is 75.3 Å². The van der Waals surface area contributed by atoms with Crippen molar-refractivity contribution >= 4 is 5.91 Å². The van der Waals surface area contributed by atoms with E-state index in [2.05, 4.69) is 5.32 Å². The van der Waals surface area contributed by atoms with E-state index < -0.39 is 12.1 Å². The summed E-state index contributed by atoms with van der Waals surface area (Å²) in [6.07, 6.45) is 1.52. The first-order valence-electron chi connectivity index (χ1n) is 5.53. The summed E-state index contributed by atoms with van der Waals surface area (Å²) < 4.78 is 0. The molecule has 0 rings (SSSR count).